The molecule has 1 fully saturated rings. The third-order valence-electron chi connectivity index (χ3n) is 3.81. The molecule has 0 aliphatic carbocycles. The van der Waals surface area contributed by atoms with Gasteiger partial charge in [0.15, 0.2) is 12.4 Å². The fourth-order valence-corrected chi connectivity index (χ4v) is 2.65. The first kappa shape index (κ1) is 14.2. The molecule has 22 heavy (non-hydrogen) atoms. The first-order valence-electron chi connectivity index (χ1n) is 7.16. The topological polar surface area (TPSA) is 70.7 Å². The predicted molar refractivity (Wildman–Crippen MR) is 81.6 cm³/mol. The summed E-state index contributed by atoms with van der Waals surface area (Å²) in [5, 5.41) is 21.1. The highest BCUT2D eigenvalue weighted by atomic mass is 16.5. The van der Waals surface area contributed by atoms with Crippen molar-refractivity contribution in [1.82, 2.24) is 4.90 Å². The number of hydrogen-bond donors (Lipinski definition) is 1. The minimum Gasteiger partial charge on any atom is -0.619 e. The number of pyridine rings is 1. The van der Waals surface area contributed by atoms with Gasteiger partial charge in [0.05, 0.1) is 5.69 Å². The molecule has 1 aromatic heterocycles. The monoisotopic (exact) mass is 299 g/mol. The van der Waals surface area contributed by atoms with Gasteiger partial charge in [-0.15, -0.1) is 0 Å². The van der Waals surface area contributed by atoms with Gasteiger partial charge in [-0.05, 0) is 18.2 Å². The number of nitrogens with zero attached hydrogens (tertiary/aromatic N) is 3. The zero-order valence-corrected chi connectivity index (χ0v) is 12.1. The van der Waals surface area contributed by atoms with Crippen molar-refractivity contribution in [1.29, 1.82) is 0 Å². The fourth-order valence-electron chi connectivity index (χ4n) is 2.65. The molecule has 2 heterocycles. The molecule has 0 spiro atoms. The minimum atomic E-state index is -0.137. The number of benzene rings is 1. The number of aromatic nitrogens is 1. The van der Waals surface area contributed by atoms with Crippen LogP contribution in [0.1, 0.15) is 10.4 Å². The maximum Gasteiger partial charge on any atom is 0.260 e. The van der Waals surface area contributed by atoms with Crippen LogP contribution in [-0.4, -0.2) is 42.1 Å². The van der Waals surface area contributed by atoms with Gasteiger partial charge >= 0.3 is 0 Å². The van der Waals surface area contributed by atoms with Gasteiger partial charge in [0, 0.05) is 32.2 Å². The van der Waals surface area contributed by atoms with Gasteiger partial charge in [0.2, 0.25) is 0 Å². The van der Waals surface area contributed by atoms with Crippen LogP contribution in [-0.2, 0) is 0 Å². The molecule has 1 N–H and O–H groups in total. The van der Waals surface area contributed by atoms with Crippen LogP contribution in [0.5, 0.6) is 5.75 Å². The molecular formula is C16H17N3O3. The SMILES string of the molecule is O=C(c1ccc[n+]([O-])c1)N1CCN(c2ccccc2O)CC1. The maximum atomic E-state index is 12.4. The van der Waals surface area contributed by atoms with Crippen LogP contribution in [0.4, 0.5) is 5.69 Å². The van der Waals surface area contributed by atoms with Gasteiger partial charge in [0.25, 0.3) is 5.91 Å². The number of carbonyl (C=O) groups excluding carboxylic acids is 1. The van der Waals surface area contributed by atoms with E-state index in [0.717, 1.165) is 5.69 Å². The Morgan fingerprint density at radius 2 is 1.82 bits per heavy atom. The minimum absolute atomic E-state index is 0.137. The number of aromatic hydroxyl groups is 1. The highest BCUT2D eigenvalue weighted by Crippen LogP contribution is 2.27. The van der Waals surface area contributed by atoms with E-state index in [2.05, 4.69) is 4.90 Å². The molecule has 0 atom stereocenters. The van der Waals surface area contributed by atoms with E-state index in [-0.39, 0.29) is 11.7 Å². The largest absolute Gasteiger partial charge is 0.619 e. The van der Waals surface area contributed by atoms with Crippen molar-refractivity contribution in [3.63, 3.8) is 0 Å². The first-order chi connectivity index (χ1) is 10.6. The van der Waals surface area contributed by atoms with Gasteiger partial charge in [-0.3, -0.25) is 4.79 Å². The summed E-state index contributed by atoms with van der Waals surface area (Å²) in [5.74, 6) is 0.111. The van der Waals surface area contributed by atoms with Crippen molar-refractivity contribution >= 4 is 11.6 Å². The standard InChI is InChI=1S/C16H17N3O3/c20-15-6-2-1-5-14(15)17-8-10-18(11-9-17)16(21)13-4-3-7-19(22)12-13/h1-7,12,20H,8-11H2. The fraction of sp³-hybridized carbons (Fsp3) is 0.250. The van der Waals surface area contributed by atoms with Crippen molar-refractivity contribution in [2.45, 2.75) is 0 Å². The van der Waals surface area contributed by atoms with Gasteiger partial charge < -0.3 is 20.1 Å². The molecule has 6 heteroatoms. The van der Waals surface area contributed by atoms with Gasteiger partial charge in [-0.2, -0.15) is 4.73 Å². The first-order valence-corrected chi connectivity index (χ1v) is 7.16. The van der Waals surface area contributed by atoms with Crippen LogP contribution in [0.15, 0.2) is 48.8 Å². The number of carbonyl (C=O) groups is 1. The third-order valence-corrected chi connectivity index (χ3v) is 3.81. The average molecular weight is 299 g/mol. The lowest BCUT2D eigenvalue weighted by Crippen LogP contribution is -2.49. The van der Waals surface area contributed by atoms with E-state index in [1.807, 2.05) is 12.1 Å². The van der Waals surface area contributed by atoms with E-state index < -0.39 is 0 Å². The molecule has 114 valence electrons. The van der Waals surface area contributed by atoms with Crippen LogP contribution in [0, 0.1) is 5.21 Å². The lowest BCUT2D eigenvalue weighted by atomic mass is 10.2. The molecule has 6 nitrogen and oxygen atoms in total. The van der Waals surface area contributed by atoms with Crippen LogP contribution in [0.2, 0.25) is 0 Å². The number of phenols is 1. The predicted octanol–water partition coefficient (Wildman–Crippen LogP) is 0.988. The second kappa shape index (κ2) is 5.93. The van der Waals surface area contributed by atoms with E-state index in [9.17, 15) is 15.1 Å². The molecule has 0 radical (unpaired) electrons. The summed E-state index contributed by atoms with van der Waals surface area (Å²) in [5.41, 5.74) is 1.18. The van der Waals surface area contributed by atoms with Crippen LogP contribution in [0.25, 0.3) is 0 Å². The molecular weight excluding hydrogens is 282 g/mol. The number of para-hydroxylation sites is 2. The number of rotatable bonds is 2. The Morgan fingerprint density at radius 1 is 1.09 bits per heavy atom. The third kappa shape index (κ3) is 2.81. The Bertz CT molecular complexity index is 682. The summed E-state index contributed by atoms with van der Waals surface area (Å²) in [6.07, 6.45) is 2.64. The normalized spacial score (nSPS) is 14.9. The number of phenolic OH excluding ortho intramolecular Hbond substituents is 1. The Labute approximate surface area is 128 Å². The highest BCUT2D eigenvalue weighted by Gasteiger charge is 2.24. The van der Waals surface area contributed by atoms with Crippen molar-refractivity contribution in [3.05, 3.63) is 59.6 Å². The smallest absolute Gasteiger partial charge is 0.260 e. The number of piperazine rings is 1. The molecule has 0 unspecified atom stereocenters. The summed E-state index contributed by atoms with van der Waals surface area (Å²) >= 11 is 0. The van der Waals surface area contributed by atoms with E-state index in [1.165, 1.54) is 12.4 Å². The molecule has 1 aliphatic rings. The number of amides is 1. The van der Waals surface area contributed by atoms with Crippen LogP contribution < -0.4 is 9.63 Å². The van der Waals surface area contributed by atoms with Gasteiger partial charge in [0.1, 0.15) is 11.3 Å². The van der Waals surface area contributed by atoms with E-state index >= 15 is 0 Å². The highest BCUT2D eigenvalue weighted by molar-refractivity contribution is 5.93. The lowest BCUT2D eigenvalue weighted by molar-refractivity contribution is -0.605. The summed E-state index contributed by atoms with van der Waals surface area (Å²) in [6.45, 7) is 2.41. The maximum absolute atomic E-state index is 12.4. The summed E-state index contributed by atoms with van der Waals surface area (Å²) in [7, 11) is 0. The zero-order valence-electron chi connectivity index (χ0n) is 12.1. The van der Waals surface area contributed by atoms with E-state index in [0.29, 0.717) is 36.5 Å². The molecule has 1 saturated heterocycles. The van der Waals surface area contributed by atoms with Gasteiger partial charge in [-0.25, -0.2) is 0 Å². The zero-order chi connectivity index (χ0) is 15.5. The molecule has 1 aliphatic heterocycles. The molecule has 1 amide bonds. The second-order valence-electron chi connectivity index (χ2n) is 5.22. The average Bonchev–Trinajstić information content (AvgIpc) is 2.55. The van der Waals surface area contributed by atoms with E-state index in [1.54, 1.807) is 29.2 Å². The van der Waals surface area contributed by atoms with Crippen molar-refractivity contribution in [3.8, 4) is 5.75 Å². The molecule has 2 aromatic rings. The number of anilines is 1. The Hall–Kier alpha value is -2.76. The van der Waals surface area contributed by atoms with Crippen LogP contribution in [0.3, 0.4) is 0 Å². The Kier molecular flexibility index (Phi) is 3.82. The second-order valence-corrected chi connectivity index (χ2v) is 5.22. The van der Waals surface area contributed by atoms with E-state index in [4.69, 9.17) is 0 Å². The quantitative estimate of drug-likeness (QED) is 0.663. The molecule has 3 rings (SSSR count). The molecule has 0 bridgehead atoms. The Balaban J connectivity index is 1.67. The van der Waals surface area contributed by atoms with Crippen molar-refractivity contribution in [2.75, 3.05) is 31.1 Å². The molecule has 1 aromatic carbocycles. The summed E-state index contributed by atoms with van der Waals surface area (Å²) in [6, 6.07) is 10.4. The van der Waals surface area contributed by atoms with Crippen LogP contribution >= 0.6 is 0 Å². The van der Waals surface area contributed by atoms with Crippen molar-refractivity contribution in [2.24, 2.45) is 0 Å². The van der Waals surface area contributed by atoms with Gasteiger partial charge in [-0.1, -0.05) is 12.1 Å². The van der Waals surface area contributed by atoms with Crippen molar-refractivity contribution < 1.29 is 14.6 Å². The summed E-state index contributed by atoms with van der Waals surface area (Å²) in [4.78, 5) is 16.1. The number of hydrogen-bond acceptors (Lipinski definition) is 4. The lowest BCUT2D eigenvalue weighted by Gasteiger charge is -2.36. The summed E-state index contributed by atoms with van der Waals surface area (Å²) < 4.78 is 0.630. The Morgan fingerprint density at radius 3 is 2.50 bits per heavy atom. The molecule has 0 saturated carbocycles.